The summed E-state index contributed by atoms with van der Waals surface area (Å²) in [5.41, 5.74) is 0. The van der Waals surface area contributed by atoms with Crippen LogP contribution in [-0.4, -0.2) is 20.6 Å². The molecular weight excluding hydrogens is 232 g/mol. The summed E-state index contributed by atoms with van der Waals surface area (Å²) in [5.74, 6) is 2.24. The van der Waals surface area contributed by atoms with Gasteiger partial charge in [-0.25, -0.2) is 0 Å². The summed E-state index contributed by atoms with van der Waals surface area (Å²) in [6.07, 6.45) is 10.1. The topological polar surface area (TPSA) is 37.3 Å². The van der Waals surface area contributed by atoms with E-state index < -0.39 is 5.97 Å². The van der Waals surface area contributed by atoms with Gasteiger partial charge in [0.25, 0.3) is 0 Å². The number of carboxylic acid groups (broad SMARTS) is 1. The molecule has 94 valence electrons. The van der Waals surface area contributed by atoms with Gasteiger partial charge in [0.2, 0.25) is 0 Å². The quantitative estimate of drug-likeness (QED) is 0.837. The molecule has 4 bridgehead atoms. The van der Waals surface area contributed by atoms with Gasteiger partial charge in [0.1, 0.15) is 4.75 Å². The van der Waals surface area contributed by atoms with Gasteiger partial charge in [-0.1, -0.05) is 0 Å². The highest BCUT2D eigenvalue weighted by Gasteiger charge is 2.60. The smallest absolute Gasteiger partial charge is 0.319 e. The molecule has 5 aliphatic rings. The molecule has 17 heavy (non-hydrogen) atoms. The lowest BCUT2D eigenvalue weighted by Gasteiger charge is -2.57. The summed E-state index contributed by atoms with van der Waals surface area (Å²) in [6.45, 7) is 0. The van der Waals surface area contributed by atoms with E-state index in [1.807, 2.05) is 11.8 Å². The van der Waals surface area contributed by atoms with Gasteiger partial charge in [-0.15, -0.1) is 11.8 Å². The molecular formula is C14H20O2S. The second kappa shape index (κ2) is 3.23. The van der Waals surface area contributed by atoms with Gasteiger partial charge in [0, 0.05) is 4.75 Å². The van der Waals surface area contributed by atoms with Crippen LogP contribution in [0.3, 0.4) is 0 Å². The Bertz CT molecular complexity index is 337. The van der Waals surface area contributed by atoms with Gasteiger partial charge in [0.05, 0.1) is 0 Å². The van der Waals surface area contributed by atoms with Crippen LogP contribution in [0.25, 0.3) is 0 Å². The van der Waals surface area contributed by atoms with Crippen molar-refractivity contribution in [1.29, 1.82) is 0 Å². The maximum atomic E-state index is 11.4. The summed E-state index contributed by atoms with van der Waals surface area (Å²) in [4.78, 5) is 11.4. The molecule has 0 atom stereocenters. The highest BCUT2D eigenvalue weighted by atomic mass is 32.2. The Morgan fingerprint density at radius 3 is 1.82 bits per heavy atom. The Morgan fingerprint density at radius 1 is 1.00 bits per heavy atom. The highest BCUT2D eigenvalue weighted by Crippen LogP contribution is 2.66. The van der Waals surface area contributed by atoms with Crippen LogP contribution in [0, 0.1) is 17.8 Å². The highest BCUT2D eigenvalue weighted by molar-refractivity contribution is 8.03. The maximum absolute atomic E-state index is 11.4. The van der Waals surface area contributed by atoms with Crippen molar-refractivity contribution in [2.75, 3.05) is 0 Å². The molecule has 0 aromatic carbocycles. The van der Waals surface area contributed by atoms with E-state index in [0.717, 1.165) is 30.6 Å². The zero-order valence-corrected chi connectivity index (χ0v) is 11.0. The lowest BCUT2D eigenvalue weighted by molar-refractivity contribution is -0.137. The molecule has 5 saturated carbocycles. The molecule has 0 unspecified atom stereocenters. The van der Waals surface area contributed by atoms with E-state index in [1.165, 1.54) is 38.5 Å². The van der Waals surface area contributed by atoms with E-state index in [1.54, 1.807) is 0 Å². The lowest BCUT2D eigenvalue weighted by Crippen LogP contribution is -2.50. The average molecular weight is 252 g/mol. The van der Waals surface area contributed by atoms with E-state index in [-0.39, 0.29) is 4.75 Å². The van der Waals surface area contributed by atoms with Gasteiger partial charge >= 0.3 is 5.97 Å². The van der Waals surface area contributed by atoms with E-state index in [2.05, 4.69) is 0 Å². The van der Waals surface area contributed by atoms with Crippen molar-refractivity contribution >= 4 is 17.7 Å². The minimum atomic E-state index is -0.543. The Labute approximate surface area is 107 Å². The summed E-state index contributed by atoms with van der Waals surface area (Å²) in [6, 6.07) is 0. The van der Waals surface area contributed by atoms with Gasteiger partial charge in [0.15, 0.2) is 0 Å². The molecule has 2 nitrogen and oxygen atoms in total. The molecule has 5 rings (SSSR count). The average Bonchev–Trinajstić information content (AvgIpc) is 2.95. The minimum Gasteiger partial charge on any atom is -0.480 e. The Kier molecular flexibility index (Phi) is 2.03. The second-order valence-corrected chi connectivity index (χ2v) is 8.85. The number of hydrogen-bond acceptors (Lipinski definition) is 2. The second-order valence-electron chi connectivity index (χ2n) is 7.00. The molecule has 0 spiro atoms. The summed E-state index contributed by atoms with van der Waals surface area (Å²) in [5, 5.41) is 9.38. The Balaban J connectivity index is 1.59. The third-order valence-corrected chi connectivity index (χ3v) is 7.39. The first-order valence-corrected chi connectivity index (χ1v) is 7.84. The number of thioether (sulfide) groups is 1. The molecule has 0 radical (unpaired) electrons. The maximum Gasteiger partial charge on any atom is 0.319 e. The predicted octanol–water partition coefficient (Wildman–Crippen LogP) is 3.31. The van der Waals surface area contributed by atoms with E-state index >= 15 is 0 Å². The van der Waals surface area contributed by atoms with Crippen molar-refractivity contribution in [3.63, 3.8) is 0 Å². The van der Waals surface area contributed by atoms with Crippen molar-refractivity contribution in [2.45, 2.75) is 60.9 Å². The van der Waals surface area contributed by atoms with Crippen LogP contribution < -0.4 is 0 Å². The van der Waals surface area contributed by atoms with Crippen molar-refractivity contribution in [2.24, 2.45) is 17.8 Å². The van der Waals surface area contributed by atoms with Crippen molar-refractivity contribution < 1.29 is 9.90 Å². The fourth-order valence-electron chi connectivity index (χ4n) is 5.04. The monoisotopic (exact) mass is 252 g/mol. The molecule has 5 aliphatic carbocycles. The van der Waals surface area contributed by atoms with Gasteiger partial charge in [-0.2, -0.15) is 0 Å². The molecule has 3 heteroatoms. The SMILES string of the molecule is O=C(O)C1(SC23CC4CC(CC(C4)C2)C3)CC1. The first-order valence-electron chi connectivity index (χ1n) is 7.03. The minimum absolute atomic E-state index is 0.365. The van der Waals surface area contributed by atoms with E-state index in [4.69, 9.17) is 0 Å². The van der Waals surface area contributed by atoms with E-state index in [0.29, 0.717) is 4.75 Å². The van der Waals surface area contributed by atoms with Crippen molar-refractivity contribution in [1.82, 2.24) is 0 Å². The third-order valence-electron chi connectivity index (χ3n) is 5.49. The number of hydrogen-bond donors (Lipinski definition) is 1. The zero-order chi connectivity index (χ0) is 11.7. The van der Waals surface area contributed by atoms with Gasteiger partial charge in [-0.3, -0.25) is 4.79 Å². The largest absolute Gasteiger partial charge is 0.480 e. The van der Waals surface area contributed by atoms with Crippen LogP contribution in [-0.2, 0) is 4.79 Å². The molecule has 0 aromatic rings. The van der Waals surface area contributed by atoms with E-state index in [9.17, 15) is 9.90 Å². The van der Waals surface area contributed by atoms with Crippen LogP contribution in [0.2, 0.25) is 0 Å². The van der Waals surface area contributed by atoms with Crippen molar-refractivity contribution in [3.8, 4) is 0 Å². The third kappa shape index (κ3) is 1.57. The zero-order valence-electron chi connectivity index (χ0n) is 10.2. The first kappa shape index (κ1) is 10.7. The molecule has 0 heterocycles. The van der Waals surface area contributed by atoms with Crippen LogP contribution in [0.4, 0.5) is 0 Å². The van der Waals surface area contributed by atoms with Crippen LogP contribution in [0.5, 0.6) is 0 Å². The van der Waals surface area contributed by atoms with Crippen molar-refractivity contribution in [3.05, 3.63) is 0 Å². The first-order chi connectivity index (χ1) is 8.09. The number of carbonyl (C=O) groups is 1. The molecule has 5 fully saturated rings. The molecule has 1 N–H and O–H groups in total. The van der Waals surface area contributed by atoms with Crippen LogP contribution in [0.1, 0.15) is 51.4 Å². The summed E-state index contributed by atoms with van der Waals surface area (Å²) < 4.78 is -0.00465. The van der Waals surface area contributed by atoms with Gasteiger partial charge in [-0.05, 0) is 69.1 Å². The number of aliphatic carboxylic acids is 1. The fraction of sp³-hybridized carbons (Fsp3) is 0.929. The number of rotatable bonds is 3. The van der Waals surface area contributed by atoms with Crippen LogP contribution >= 0.6 is 11.8 Å². The Morgan fingerprint density at radius 2 is 1.47 bits per heavy atom. The fourth-order valence-corrected chi connectivity index (χ4v) is 7.22. The molecule has 0 amide bonds. The predicted molar refractivity (Wildman–Crippen MR) is 68.1 cm³/mol. The normalized spacial score (nSPS) is 49.3. The summed E-state index contributed by atoms with van der Waals surface area (Å²) in [7, 11) is 0. The summed E-state index contributed by atoms with van der Waals surface area (Å²) >= 11 is 1.88. The Hall–Kier alpha value is -0.180. The molecule has 0 saturated heterocycles. The lowest BCUT2D eigenvalue weighted by atomic mass is 9.56. The number of carboxylic acids is 1. The molecule has 0 aliphatic heterocycles. The molecule has 0 aromatic heterocycles. The standard InChI is InChI=1S/C14H20O2S/c15-12(16)14(1-2-14)17-13-6-9-3-10(7-13)5-11(4-9)8-13/h9-11H,1-8H2,(H,15,16). The van der Waals surface area contributed by atoms with Crippen LogP contribution in [0.15, 0.2) is 0 Å². The van der Waals surface area contributed by atoms with Gasteiger partial charge < -0.3 is 5.11 Å².